The summed E-state index contributed by atoms with van der Waals surface area (Å²) in [4.78, 5) is 12.0. The first-order valence-corrected chi connectivity index (χ1v) is 9.51. The fourth-order valence-electron chi connectivity index (χ4n) is 1.84. The molecule has 124 valence electrons. The summed E-state index contributed by atoms with van der Waals surface area (Å²) in [5.74, 6) is 0.272. The number of rotatable bonds is 8. The fraction of sp³-hybridized carbons (Fsp3) is 0.400. The molecular weight excluding hydrogens is 352 g/mol. The van der Waals surface area contributed by atoms with Crippen LogP contribution in [0.1, 0.15) is 31.9 Å². The molecule has 0 unspecified atom stereocenters. The van der Waals surface area contributed by atoms with Crippen molar-refractivity contribution in [3.05, 3.63) is 34.9 Å². The van der Waals surface area contributed by atoms with E-state index in [0.29, 0.717) is 10.8 Å². The van der Waals surface area contributed by atoms with Crippen molar-refractivity contribution < 1.29 is 4.79 Å². The van der Waals surface area contributed by atoms with Crippen LogP contribution in [0.3, 0.4) is 0 Å². The Kier molecular flexibility index (Phi) is 7.14. The van der Waals surface area contributed by atoms with Gasteiger partial charge >= 0.3 is 0 Å². The summed E-state index contributed by atoms with van der Waals surface area (Å²) in [7, 11) is 0. The molecule has 0 bridgehead atoms. The zero-order chi connectivity index (χ0) is 16.7. The van der Waals surface area contributed by atoms with E-state index in [1.165, 1.54) is 23.1 Å². The molecule has 1 amide bonds. The Hall–Kier alpha value is -1.31. The number of nitrogens with zero attached hydrogens (tertiary/aromatic N) is 2. The van der Waals surface area contributed by atoms with Gasteiger partial charge in [-0.3, -0.25) is 4.79 Å². The number of hydrogen-bond donors (Lipinski definition) is 2. The van der Waals surface area contributed by atoms with Crippen molar-refractivity contribution >= 4 is 45.7 Å². The van der Waals surface area contributed by atoms with E-state index in [9.17, 15) is 4.79 Å². The Balaban J connectivity index is 1.79. The zero-order valence-corrected chi connectivity index (χ0v) is 15.4. The topological polar surface area (TPSA) is 66.9 Å². The van der Waals surface area contributed by atoms with Gasteiger partial charge in [0.15, 0.2) is 4.34 Å². The van der Waals surface area contributed by atoms with Gasteiger partial charge in [0.25, 0.3) is 0 Å². The van der Waals surface area contributed by atoms with E-state index in [1.54, 1.807) is 0 Å². The Labute approximate surface area is 149 Å². The molecule has 1 heterocycles. The number of halogens is 1. The van der Waals surface area contributed by atoms with Crippen molar-refractivity contribution in [2.75, 3.05) is 17.6 Å². The summed E-state index contributed by atoms with van der Waals surface area (Å²) in [6, 6.07) is 7.41. The van der Waals surface area contributed by atoms with Gasteiger partial charge in [-0.2, -0.15) is 0 Å². The molecule has 2 rings (SSSR count). The summed E-state index contributed by atoms with van der Waals surface area (Å²) in [5, 5.41) is 15.7. The molecule has 0 aliphatic rings. The van der Waals surface area contributed by atoms with Crippen LogP contribution in [-0.2, 0) is 4.79 Å². The van der Waals surface area contributed by atoms with E-state index in [-0.39, 0.29) is 11.9 Å². The molecule has 0 saturated carbocycles. The van der Waals surface area contributed by atoms with Crippen molar-refractivity contribution in [2.45, 2.75) is 30.6 Å². The third kappa shape index (κ3) is 6.01. The first-order chi connectivity index (χ1) is 11.1. The zero-order valence-electron chi connectivity index (χ0n) is 13.0. The van der Waals surface area contributed by atoms with E-state index >= 15 is 0 Å². The van der Waals surface area contributed by atoms with Crippen LogP contribution in [0.5, 0.6) is 0 Å². The van der Waals surface area contributed by atoms with Gasteiger partial charge in [-0.1, -0.05) is 53.8 Å². The highest BCUT2D eigenvalue weighted by Crippen LogP contribution is 2.25. The maximum Gasteiger partial charge on any atom is 0.230 e. The Bertz CT molecular complexity index is 650. The van der Waals surface area contributed by atoms with E-state index in [0.717, 1.165) is 28.0 Å². The van der Waals surface area contributed by atoms with Crippen LogP contribution in [-0.4, -0.2) is 28.4 Å². The monoisotopic (exact) mass is 370 g/mol. The molecule has 0 aliphatic heterocycles. The number of anilines is 1. The molecule has 0 fully saturated rings. The standard InChI is InChI=1S/C15H19ClN4OS2/c1-3-7-17-14-19-20-15(23-14)22-9-13(21)18-10(2)11-5-4-6-12(16)8-11/h4-6,8,10H,3,7,9H2,1-2H3,(H,17,19)(H,18,21)/t10-/m0/s1. The maximum atomic E-state index is 12.0. The summed E-state index contributed by atoms with van der Waals surface area (Å²) < 4.78 is 0.786. The van der Waals surface area contributed by atoms with Crippen LogP contribution < -0.4 is 10.6 Å². The maximum absolute atomic E-state index is 12.0. The highest BCUT2D eigenvalue weighted by molar-refractivity contribution is 8.01. The van der Waals surface area contributed by atoms with Crippen LogP contribution in [0.25, 0.3) is 0 Å². The summed E-state index contributed by atoms with van der Waals surface area (Å²) in [6.45, 7) is 4.90. The van der Waals surface area contributed by atoms with Gasteiger partial charge in [-0.15, -0.1) is 10.2 Å². The number of aromatic nitrogens is 2. The second-order valence-corrected chi connectivity index (χ2v) is 7.57. The predicted molar refractivity (Wildman–Crippen MR) is 97.4 cm³/mol. The molecular formula is C15H19ClN4OS2. The summed E-state index contributed by atoms with van der Waals surface area (Å²) in [5.41, 5.74) is 0.984. The van der Waals surface area contributed by atoms with Gasteiger partial charge in [-0.05, 0) is 31.0 Å². The second-order valence-electron chi connectivity index (χ2n) is 4.93. The fourth-order valence-corrected chi connectivity index (χ4v) is 3.63. The minimum atomic E-state index is -0.0852. The van der Waals surface area contributed by atoms with E-state index < -0.39 is 0 Å². The lowest BCUT2D eigenvalue weighted by molar-refractivity contribution is -0.119. The smallest absolute Gasteiger partial charge is 0.230 e. The van der Waals surface area contributed by atoms with Crippen LogP contribution in [0.15, 0.2) is 28.6 Å². The third-order valence-electron chi connectivity index (χ3n) is 2.99. The first kappa shape index (κ1) is 18.0. The van der Waals surface area contributed by atoms with E-state index in [4.69, 9.17) is 11.6 Å². The number of carbonyl (C=O) groups excluding carboxylic acids is 1. The van der Waals surface area contributed by atoms with Crippen molar-refractivity contribution in [1.29, 1.82) is 0 Å². The highest BCUT2D eigenvalue weighted by atomic mass is 35.5. The van der Waals surface area contributed by atoms with Gasteiger partial charge < -0.3 is 10.6 Å². The third-order valence-corrected chi connectivity index (χ3v) is 5.23. The van der Waals surface area contributed by atoms with E-state index in [1.807, 2.05) is 31.2 Å². The molecule has 0 radical (unpaired) electrons. The molecule has 1 atom stereocenters. The molecule has 0 saturated heterocycles. The molecule has 0 spiro atoms. The van der Waals surface area contributed by atoms with Crippen molar-refractivity contribution in [2.24, 2.45) is 0 Å². The number of amides is 1. The van der Waals surface area contributed by atoms with Crippen LogP contribution in [0.4, 0.5) is 5.13 Å². The molecule has 1 aromatic heterocycles. The highest BCUT2D eigenvalue weighted by Gasteiger charge is 2.12. The molecule has 23 heavy (non-hydrogen) atoms. The van der Waals surface area contributed by atoms with Crippen molar-refractivity contribution in [1.82, 2.24) is 15.5 Å². The second kappa shape index (κ2) is 9.10. The average Bonchev–Trinajstić information content (AvgIpc) is 2.99. The van der Waals surface area contributed by atoms with Gasteiger partial charge in [0.2, 0.25) is 11.0 Å². The Morgan fingerprint density at radius 3 is 3.00 bits per heavy atom. The largest absolute Gasteiger partial charge is 0.360 e. The SMILES string of the molecule is CCCNc1nnc(SCC(=O)N[C@@H](C)c2cccc(Cl)c2)s1. The minimum absolute atomic E-state index is 0.0410. The number of carbonyl (C=O) groups is 1. The number of hydrogen-bond acceptors (Lipinski definition) is 6. The van der Waals surface area contributed by atoms with Crippen LogP contribution in [0.2, 0.25) is 5.02 Å². The number of nitrogens with one attached hydrogen (secondary N) is 2. The molecule has 2 aromatic rings. The lowest BCUT2D eigenvalue weighted by Crippen LogP contribution is -2.28. The quantitative estimate of drug-likeness (QED) is 0.688. The Morgan fingerprint density at radius 2 is 2.26 bits per heavy atom. The predicted octanol–water partition coefficient (Wildman–Crippen LogP) is 3.98. The van der Waals surface area contributed by atoms with Crippen molar-refractivity contribution in [3.63, 3.8) is 0 Å². The van der Waals surface area contributed by atoms with Gasteiger partial charge in [0.05, 0.1) is 11.8 Å². The average molecular weight is 371 g/mol. The number of thioether (sulfide) groups is 1. The van der Waals surface area contributed by atoms with Gasteiger partial charge in [0, 0.05) is 11.6 Å². The molecule has 8 heteroatoms. The van der Waals surface area contributed by atoms with Crippen LogP contribution >= 0.6 is 34.7 Å². The van der Waals surface area contributed by atoms with Gasteiger partial charge in [0.1, 0.15) is 0 Å². The molecule has 1 aromatic carbocycles. The molecule has 5 nitrogen and oxygen atoms in total. The lowest BCUT2D eigenvalue weighted by atomic mass is 10.1. The van der Waals surface area contributed by atoms with E-state index in [2.05, 4.69) is 27.8 Å². The van der Waals surface area contributed by atoms with Crippen molar-refractivity contribution in [3.8, 4) is 0 Å². The van der Waals surface area contributed by atoms with Crippen LogP contribution in [0, 0.1) is 0 Å². The summed E-state index contributed by atoms with van der Waals surface area (Å²) >= 11 is 8.82. The van der Waals surface area contributed by atoms with Gasteiger partial charge in [-0.25, -0.2) is 0 Å². The first-order valence-electron chi connectivity index (χ1n) is 7.33. The Morgan fingerprint density at radius 1 is 1.43 bits per heavy atom. The molecule has 0 aliphatic carbocycles. The minimum Gasteiger partial charge on any atom is -0.360 e. The normalized spacial score (nSPS) is 12.0. The number of benzene rings is 1. The molecule has 2 N–H and O–H groups in total. The summed E-state index contributed by atoms with van der Waals surface area (Å²) in [6.07, 6.45) is 1.03. The lowest BCUT2D eigenvalue weighted by Gasteiger charge is -2.14.